The quantitative estimate of drug-likeness (QED) is 0.139. The SMILES string of the molecule is COC(=O)CC[C@H](NP(=O)(OC[C@@H]1C=C[C@H](n2cnc3c(NC4CC4)nc(N)nc32)C1)Oc1ccccc1)C(=O)OC. The standard InChI is InChI=1S/C27H34N7O7P/c1-38-22(35)13-12-21(26(36)39-2)33-42(37,41-20-6-4-3-5-7-20)40-15-17-8-11-19(14-17)34-16-29-23-24(30-18-9-10-18)31-27(28)32-25(23)34/h3-8,11,16-19,21H,9-10,12-15H2,1-2H3,(H,33,37)(H3,28,30,31,32)/t17-,19+,21+,42?/m1/s1. The predicted molar refractivity (Wildman–Crippen MR) is 153 cm³/mol. The van der Waals surface area contributed by atoms with Crippen LogP contribution in [0.5, 0.6) is 5.75 Å². The molecule has 0 spiro atoms. The Morgan fingerprint density at radius 3 is 2.64 bits per heavy atom. The van der Waals surface area contributed by atoms with Crippen molar-refractivity contribution in [1.82, 2.24) is 24.6 Å². The molecule has 4 N–H and O–H groups in total. The molecule has 224 valence electrons. The number of nitrogens with two attached hydrogens (primary N) is 1. The summed E-state index contributed by atoms with van der Waals surface area (Å²) in [5.74, 6) is -0.324. The van der Waals surface area contributed by atoms with Gasteiger partial charge in [0.1, 0.15) is 11.8 Å². The Kier molecular flexibility index (Phi) is 9.05. The lowest BCUT2D eigenvalue weighted by atomic mass is 10.1. The van der Waals surface area contributed by atoms with E-state index in [0.29, 0.717) is 29.4 Å². The van der Waals surface area contributed by atoms with Crippen LogP contribution in [0.15, 0.2) is 48.8 Å². The third-order valence-electron chi connectivity index (χ3n) is 6.96. The zero-order chi connectivity index (χ0) is 29.7. The summed E-state index contributed by atoms with van der Waals surface area (Å²) < 4.78 is 37.1. The van der Waals surface area contributed by atoms with Crippen LogP contribution in [0.3, 0.4) is 0 Å². The van der Waals surface area contributed by atoms with Crippen molar-refractivity contribution in [1.29, 1.82) is 0 Å². The van der Waals surface area contributed by atoms with Crippen LogP contribution in [-0.4, -0.2) is 64.4 Å². The van der Waals surface area contributed by atoms with Crippen molar-refractivity contribution in [2.24, 2.45) is 5.92 Å². The van der Waals surface area contributed by atoms with E-state index in [2.05, 4.69) is 30.1 Å². The zero-order valence-electron chi connectivity index (χ0n) is 23.3. The minimum absolute atomic E-state index is 0.0211. The first kappa shape index (κ1) is 29.5. The number of carbonyl (C=O) groups excluding carboxylic acids is 2. The van der Waals surface area contributed by atoms with E-state index in [9.17, 15) is 14.2 Å². The number of hydrogen-bond donors (Lipinski definition) is 3. The number of ether oxygens (including phenoxy) is 2. The number of anilines is 2. The smallest absolute Gasteiger partial charge is 0.459 e. The number of hydrogen-bond acceptors (Lipinski definition) is 12. The second-order valence-corrected chi connectivity index (χ2v) is 11.8. The molecule has 0 amide bonds. The van der Waals surface area contributed by atoms with Crippen LogP contribution < -0.4 is 20.7 Å². The Morgan fingerprint density at radius 1 is 1.14 bits per heavy atom. The van der Waals surface area contributed by atoms with Gasteiger partial charge >= 0.3 is 19.7 Å². The topological polar surface area (TPSA) is 182 Å². The van der Waals surface area contributed by atoms with Gasteiger partial charge in [0.15, 0.2) is 17.0 Å². The summed E-state index contributed by atoms with van der Waals surface area (Å²) in [6.07, 6.45) is 8.31. The lowest BCUT2D eigenvalue weighted by molar-refractivity contribution is -0.144. The molecule has 0 radical (unpaired) electrons. The number of carbonyl (C=O) groups is 2. The number of allylic oxidation sites excluding steroid dienone is 1. The number of imidazole rings is 1. The molecule has 4 atom stereocenters. The van der Waals surface area contributed by atoms with Crippen LogP contribution in [0.4, 0.5) is 11.8 Å². The van der Waals surface area contributed by atoms with E-state index in [1.54, 1.807) is 36.7 Å². The normalized spacial score (nSPS) is 20.1. The summed E-state index contributed by atoms with van der Waals surface area (Å²) in [4.78, 5) is 37.5. The van der Waals surface area contributed by atoms with Gasteiger partial charge < -0.3 is 29.6 Å². The van der Waals surface area contributed by atoms with Gasteiger partial charge in [-0.15, -0.1) is 0 Å². The van der Waals surface area contributed by atoms with Crippen molar-refractivity contribution < 1.29 is 32.7 Å². The average Bonchev–Trinajstić information content (AvgIpc) is 3.50. The van der Waals surface area contributed by atoms with Gasteiger partial charge in [-0.1, -0.05) is 30.4 Å². The average molecular weight is 600 g/mol. The van der Waals surface area contributed by atoms with Crippen molar-refractivity contribution in [3.8, 4) is 5.75 Å². The van der Waals surface area contributed by atoms with Crippen LogP contribution in [0.1, 0.15) is 38.1 Å². The van der Waals surface area contributed by atoms with Gasteiger partial charge in [-0.25, -0.2) is 9.55 Å². The van der Waals surface area contributed by atoms with Crippen LogP contribution in [0.2, 0.25) is 0 Å². The highest BCUT2D eigenvalue weighted by molar-refractivity contribution is 7.52. The Hall–Kier alpha value is -4.00. The Bertz CT molecular complexity index is 1490. The number of para-hydroxylation sites is 1. The zero-order valence-corrected chi connectivity index (χ0v) is 24.2. The Labute approximate surface area is 242 Å². The molecule has 0 aliphatic heterocycles. The summed E-state index contributed by atoms with van der Waals surface area (Å²) in [6, 6.07) is 7.60. The Morgan fingerprint density at radius 2 is 1.93 bits per heavy atom. The number of nitrogens with one attached hydrogen (secondary N) is 2. The molecular formula is C27H34N7O7P. The number of rotatable bonds is 14. The lowest BCUT2D eigenvalue weighted by Gasteiger charge is -2.25. The highest BCUT2D eigenvalue weighted by Crippen LogP contribution is 2.46. The number of aromatic nitrogens is 4. The molecule has 1 saturated carbocycles. The number of benzene rings is 1. The molecule has 1 aromatic carbocycles. The van der Waals surface area contributed by atoms with Crippen molar-refractivity contribution >= 4 is 42.6 Å². The first-order chi connectivity index (χ1) is 20.3. The van der Waals surface area contributed by atoms with E-state index in [-0.39, 0.29) is 43.1 Å². The molecule has 1 unspecified atom stereocenters. The summed E-state index contributed by atoms with van der Waals surface area (Å²) >= 11 is 0. The monoisotopic (exact) mass is 599 g/mol. The minimum Gasteiger partial charge on any atom is -0.469 e. The van der Waals surface area contributed by atoms with Crippen LogP contribution in [0.25, 0.3) is 11.2 Å². The minimum atomic E-state index is -4.13. The second kappa shape index (κ2) is 12.9. The van der Waals surface area contributed by atoms with Crippen molar-refractivity contribution in [3.05, 3.63) is 48.8 Å². The van der Waals surface area contributed by atoms with E-state index in [1.165, 1.54) is 14.2 Å². The molecule has 0 bridgehead atoms. The summed E-state index contributed by atoms with van der Waals surface area (Å²) in [6.45, 7) is 0.0211. The molecule has 42 heavy (non-hydrogen) atoms. The first-order valence-electron chi connectivity index (χ1n) is 13.6. The molecule has 15 heteroatoms. The van der Waals surface area contributed by atoms with Crippen LogP contribution >= 0.6 is 7.75 Å². The first-order valence-corrected chi connectivity index (χ1v) is 15.2. The third-order valence-corrected chi connectivity index (χ3v) is 8.52. The predicted octanol–water partition coefficient (Wildman–Crippen LogP) is 3.39. The van der Waals surface area contributed by atoms with E-state index >= 15 is 0 Å². The summed E-state index contributed by atoms with van der Waals surface area (Å²) in [7, 11) is -1.68. The van der Waals surface area contributed by atoms with Crippen molar-refractivity contribution in [2.45, 2.75) is 50.2 Å². The molecular weight excluding hydrogens is 565 g/mol. The number of nitrogens with zero attached hydrogens (tertiary/aromatic N) is 4. The van der Waals surface area contributed by atoms with Gasteiger partial charge in [0.05, 0.1) is 33.2 Å². The number of nitrogen functional groups attached to an aromatic ring is 1. The van der Waals surface area contributed by atoms with Crippen molar-refractivity contribution in [2.75, 3.05) is 31.9 Å². The van der Waals surface area contributed by atoms with Gasteiger partial charge in [-0.2, -0.15) is 15.1 Å². The number of fused-ring (bicyclic) bond motifs is 1. The molecule has 0 saturated heterocycles. The maximum Gasteiger partial charge on any atom is 0.459 e. The molecule has 3 aromatic rings. The largest absolute Gasteiger partial charge is 0.469 e. The molecule has 2 heterocycles. The van der Waals surface area contributed by atoms with Gasteiger partial charge in [-0.3, -0.25) is 14.1 Å². The van der Waals surface area contributed by atoms with E-state index in [0.717, 1.165) is 12.8 Å². The van der Waals surface area contributed by atoms with Crippen LogP contribution in [-0.2, 0) is 28.2 Å². The molecule has 2 aromatic heterocycles. The van der Waals surface area contributed by atoms with Gasteiger partial charge in [0.25, 0.3) is 0 Å². The molecule has 1 fully saturated rings. The van der Waals surface area contributed by atoms with E-state index in [4.69, 9.17) is 19.5 Å². The van der Waals surface area contributed by atoms with Gasteiger partial charge in [-0.05, 0) is 37.8 Å². The number of esters is 2. The maximum atomic E-state index is 14.0. The van der Waals surface area contributed by atoms with Crippen LogP contribution in [0, 0.1) is 5.92 Å². The van der Waals surface area contributed by atoms with Gasteiger partial charge in [0.2, 0.25) is 5.95 Å². The highest BCUT2D eigenvalue weighted by Gasteiger charge is 2.36. The number of methoxy groups -OCH3 is 2. The molecule has 5 rings (SSSR count). The summed E-state index contributed by atoms with van der Waals surface area (Å²) in [5.41, 5.74) is 7.27. The fraction of sp³-hybridized carbons (Fsp3) is 0.444. The summed E-state index contributed by atoms with van der Waals surface area (Å²) in [5, 5.41) is 6.04. The lowest BCUT2D eigenvalue weighted by Crippen LogP contribution is -2.38. The second-order valence-electron chi connectivity index (χ2n) is 10.1. The van der Waals surface area contributed by atoms with Crippen molar-refractivity contribution in [3.63, 3.8) is 0 Å². The molecule has 14 nitrogen and oxygen atoms in total. The Balaban J connectivity index is 1.29. The fourth-order valence-electron chi connectivity index (χ4n) is 4.62. The maximum absolute atomic E-state index is 14.0. The van der Waals surface area contributed by atoms with E-state index < -0.39 is 25.7 Å². The van der Waals surface area contributed by atoms with Gasteiger partial charge in [0, 0.05) is 18.4 Å². The van der Waals surface area contributed by atoms with E-state index in [1.807, 2.05) is 16.7 Å². The molecule has 2 aliphatic rings. The fourth-order valence-corrected chi connectivity index (χ4v) is 6.20. The third kappa shape index (κ3) is 7.25. The highest BCUT2D eigenvalue weighted by atomic mass is 31.2. The molecule has 2 aliphatic carbocycles.